The van der Waals surface area contributed by atoms with Gasteiger partial charge in [0, 0.05) is 36.8 Å². The van der Waals surface area contributed by atoms with Crippen LogP contribution in [0.4, 0.5) is 0 Å². The minimum absolute atomic E-state index is 0.186. The number of aliphatic hydroxyl groups excluding tert-OH is 1. The Morgan fingerprint density at radius 3 is 2.75 bits per heavy atom. The van der Waals surface area contributed by atoms with Gasteiger partial charge in [0.2, 0.25) is 6.79 Å². The SMILES string of the molecule is CC(O)c1nc2cc(-n3ccnc3-c3cc4c(cc3Cl)OCO4)ccc2n1C. The molecule has 1 unspecified atom stereocenters. The number of fused-ring (bicyclic) bond motifs is 2. The first-order chi connectivity index (χ1) is 13.5. The van der Waals surface area contributed by atoms with Crippen LogP contribution in [0.5, 0.6) is 11.5 Å². The molecule has 0 aliphatic carbocycles. The zero-order valence-electron chi connectivity index (χ0n) is 15.3. The molecule has 0 spiro atoms. The molecular formula is C20H17ClN4O3. The maximum Gasteiger partial charge on any atom is 0.231 e. The highest BCUT2D eigenvalue weighted by Gasteiger charge is 2.20. The standard InChI is InChI=1S/C20H17ClN4O3/c1-11(26)19-23-15-7-12(3-4-16(15)24(19)2)25-6-5-22-20(25)13-8-17-18(9-14(13)21)28-10-27-17/h3-9,11,26H,10H2,1-2H3. The van der Waals surface area contributed by atoms with Crippen molar-refractivity contribution in [2.24, 2.45) is 7.05 Å². The Morgan fingerprint density at radius 2 is 1.96 bits per heavy atom. The Labute approximate surface area is 165 Å². The average Bonchev–Trinajstić information content (AvgIpc) is 3.39. The van der Waals surface area contributed by atoms with E-state index in [4.69, 9.17) is 21.1 Å². The molecule has 3 heterocycles. The summed E-state index contributed by atoms with van der Waals surface area (Å²) in [4.78, 5) is 9.06. The van der Waals surface area contributed by atoms with Crippen molar-refractivity contribution in [3.63, 3.8) is 0 Å². The van der Waals surface area contributed by atoms with Crippen LogP contribution < -0.4 is 9.47 Å². The van der Waals surface area contributed by atoms with Crippen molar-refractivity contribution in [1.82, 2.24) is 19.1 Å². The first kappa shape index (κ1) is 17.1. The molecule has 1 atom stereocenters. The molecule has 0 amide bonds. The normalized spacial score (nSPS) is 14.0. The van der Waals surface area contributed by atoms with E-state index in [0.717, 1.165) is 22.3 Å². The summed E-state index contributed by atoms with van der Waals surface area (Å²) in [5.74, 6) is 2.59. The quantitative estimate of drug-likeness (QED) is 0.569. The topological polar surface area (TPSA) is 74.3 Å². The van der Waals surface area contributed by atoms with Gasteiger partial charge in [0.15, 0.2) is 11.5 Å². The number of rotatable bonds is 3. The number of hydrogen-bond donors (Lipinski definition) is 1. The third-order valence-corrected chi connectivity index (χ3v) is 5.21. The molecular weight excluding hydrogens is 380 g/mol. The number of aromatic nitrogens is 4. The van der Waals surface area contributed by atoms with Crippen LogP contribution in [0.25, 0.3) is 28.1 Å². The number of nitrogens with zero attached hydrogens (tertiary/aromatic N) is 4. The van der Waals surface area contributed by atoms with Crippen LogP contribution in [0.15, 0.2) is 42.7 Å². The monoisotopic (exact) mass is 396 g/mol. The van der Waals surface area contributed by atoms with Crippen molar-refractivity contribution in [1.29, 1.82) is 0 Å². The minimum Gasteiger partial charge on any atom is -0.454 e. The largest absolute Gasteiger partial charge is 0.454 e. The van der Waals surface area contributed by atoms with Gasteiger partial charge in [-0.05, 0) is 31.2 Å². The summed E-state index contributed by atoms with van der Waals surface area (Å²) in [6, 6.07) is 9.52. The van der Waals surface area contributed by atoms with Gasteiger partial charge in [-0.25, -0.2) is 9.97 Å². The van der Waals surface area contributed by atoms with Gasteiger partial charge in [-0.1, -0.05) is 11.6 Å². The van der Waals surface area contributed by atoms with Crippen LogP contribution in [-0.4, -0.2) is 31.0 Å². The highest BCUT2D eigenvalue weighted by Crippen LogP contribution is 2.41. The van der Waals surface area contributed by atoms with E-state index in [9.17, 15) is 5.11 Å². The molecule has 5 rings (SSSR count). The number of ether oxygens (including phenoxy) is 2. The maximum absolute atomic E-state index is 9.92. The number of benzene rings is 2. The van der Waals surface area contributed by atoms with Gasteiger partial charge >= 0.3 is 0 Å². The van der Waals surface area contributed by atoms with E-state index in [1.807, 2.05) is 46.6 Å². The second kappa shape index (κ2) is 6.25. The average molecular weight is 397 g/mol. The molecule has 2 aromatic carbocycles. The Morgan fingerprint density at radius 1 is 1.18 bits per heavy atom. The number of aryl methyl sites for hydroxylation is 1. The van der Waals surface area contributed by atoms with Crippen LogP contribution >= 0.6 is 11.6 Å². The van der Waals surface area contributed by atoms with E-state index in [2.05, 4.69) is 9.97 Å². The fourth-order valence-electron chi connectivity index (χ4n) is 3.53. The van der Waals surface area contributed by atoms with Crippen molar-refractivity contribution in [3.8, 4) is 28.6 Å². The van der Waals surface area contributed by atoms with Gasteiger partial charge in [0.05, 0.1) is 16.1 Å². The maximum atomic E-state index is 9.92. The van der Waals surface area contributed by atoms with E-state index in [0.29, 0.717) is 28.2 Å². The molecule has 1 N–H and O–H groups in total. The van der Waals surface area contributed by atoms with Gasteiger partial charge in [-0.15, -0.1) is 0 Å². The predicted molar refractivity (Wildman–Crippen MR) is 105 cm³/mol. The van der Waals surface area contributed by atoms with E-state index < -0.39 is 6.10 Å². The van der Waals surface area contributed by atoms with Crippen LogP contribution in [0.1, 0.15) is 18.9 Å². The molecule has 142 valence electrons. The molecule has 0 bridgehead atoms. The summed E-state index contributed by atoms with van der Waals surface area (Å²) in [6.07, 6.45) is 2.95. The van der Waals surface area contributed by atoms with E-state index in [1.54, 1.807) is 19.2 Å². The summed E-state index contributed by atoms with van der Waals surface area (Å²) in [7, 11) is 1.89. The van der Waals surface area contributed by atoms with Gasteiger partial charge in [-0.3, -0.25) is 4.57 Å². The lowest BCUT2D eigenvalue weighted by Gasteiger charge is -2.10. The summed E-state index contributed by atoms with van der Waals surface area (Å²) >= 11 is 6.48. The summed E-state index contributed by atoms with van der Waals surface area (Å²) in [6.45, 7) is 1.89. The molecule has 0 fully saturated rings. The molecule has 1 aliphatic rings. The predicted octanol–water partition coefficient (Wildman–Crippen LogP) is 3.86. The van der Waals surface area contributed by atoms with Crippen LogP contribution in [0, 0.1) is 0 Å². The van der Waals surface area contributed by atoms with Crippen LogP contribution in [0.2, 0.25) is 5.02 Å². The van der Waals surface area contributed by atoms with Gasteiger partial charge < -0.3 is 19.1 Å². The Bertz CT molecular complexity index is 1210. The third-order valence-electron chi connectivity index (χ3n) is 4.89. The van der Waals surface area contributed by atoms with Crippen LogP contribution in [-0.2, 0) is 7.05 Å². The van der Waals surface area contributed by atoms with E-state index in [-0.39, 0.29) is 6.79 Å². The number of imidazole rings is 2. The highest BCUT2D eigenvalue weighted by molar-refractivity contribution is 6.33. The highest BCUT2D eigenvalue weighted by atomic mass is 35.5. The van der Waals surface area contributed by atoms with Crippen LogP contribution in [0.3, 0.4) is 0 Å². The van der Waals surface area contributed by atoms with Gasteiger partial charge in [-0.2, -0.15) is 0 Å². The Kier molecular flexibility index (Phi) is 3.82. The number of aliphatic hydroxyl groups is 1. The minimum atomic E-state index is -0.642. The lowest BCUT2D eigenvalue weighted by molar-refractivity contribution is 0.174. The van der Waals surface area contributed by atoms with Gasteiger partial charge in [0.25, 0.3) is 0 Å². The van der Waals surface area contributed by atoms with Crippen molar-refractivity contribution >= 4 is 22.6 Å². The molecule has 8 heteroatoms. The zero-order chi connectivity index (χ0) is 19.4. The molecule has 2 aromatic heterocycles. The molecule has 0 radical (unpaired) electrons. The fraction of sp³-hybridized carbons (Fsp3) is 0.200. The van der Waals surface area contributed by atoms with Crippen molar-refractivity contribution in [3.05, 3.63) is 53.6 Å². The first-order valence-corrected chi connectivity index (χ1v) is 9.18. The third kappa shape index (κ3) is 2.55. The molecule has 28 heavy (non-hydrogen) atoms. The van der Waals surface area contributed by atoms with Crippen molar-refractivity contribution in [2.75, 3.05) is 6.79 Å². The lowest BCUT2D eigenvalue weighted by Crippen LogP contribution is -2.01. The van der Waals surface area contributed by atoms with E-state index >= 15 is 0 Å². The molecule has 4 aromatic rings. The smallest absolute Gasteiger partial charge is 0.231 e. The molecule has 1 aliphatic heterocycles. The van der Waals surface area contributed by atoms with Crippen molar-refractivity contribution in [2.45, 2.75) is 13.0 Å². The second-order valence-corrected chi connectivity index (χ2v) is 7.09. The summed E-state index contributed by atoms with van der Waals surface area (Å²) in [5, 5.41) is 10.5. The fourth-order valence-corrected chi connectivity index (χ4v) is 3.77. The zero-order valence-corrected chi connectivity index (χ0v) is 16.0. The van der Waals surface area contributed by atoms with E-state index in [1.165, 1.54) is 0 Å². The van der Waals surface area contributed by atoms with Crippen molar-refractivity contribution < 1.29 is 14.6 Å². The van der Waals surface area contributed by atoms with Gasteiger partial charge in [0.1, 0.15) is 17.8 Å². The molecule has 0 saturated carbocycles. The number of hydrogen-bond acceptors (Lipinski definition) is 5. The second-order valence-electron chi connectivity index (χ2n) is 6.68. The number of halogens is 1. The summed E-state index contributed by atoms with van der Waals surface area (Å²) < 4.78 is 14.7. The molecule has 7 nitrogen and oxygen atoms in total. The summed E-state index contributed by atoms with van der Waals surface area (Å²) in [5.41, 5.74) is 3.39. The Hall–Kier alpha value is -3.03. The lowest BCUT2D eigenvalue weighted by atomic mass is 10.1. The first-order valence-electron chi connectivity index (χ1n) is 8.80. The Balaban J connectivity index is 1.64. The molecule has 0 saturated heterocycles.